The van der Waals surface area contributed by atoms with E-state index in [0.29, 0.717) is 18.8 Å². The molecule has 0 unspecified atom stereocenters. The van der Waals surface area contributed by atoms with Crippen LogP contribution < -0.4 is 0 Å². The molecule has 0 radical (unpaired) electrons. The highest BCUT2D eigenvalue weighted by Gasteiger charge is 2.39. The lowest BCUT2D eigenvalue weighted by molar-refractivity contribution is -0.141. The summed E-state index contributed by atoms with van der Waals surface area (Å²) in [6.07, 6.45) is 3.83. The van der Waals surface area contributed by atoms with Crippen LogP contribution in [0.25, 0.3) is 5.69 Å². The average Bonchev–Trinajstić information content (AvgIpc) is 3.47. The van der Waals surface area contributed by atoms with Gasteiger partial charge in [0.05, 0.1) is 24.2 Å². The van der Waals surface area contributed by atoms with Gasteiger partial charge in [-0.15, -0.1) is 11.3 Å². The number of thiophene rings is 1. The Morgan fingerprint density at radius 3 is 2.59 bits per heavy atom. The van der Waals surface area contributed by atoms with Crippen LogP contribution in [0.5, 0.6) is 0 Å². The minimum atomic E-state index is 0.187. The molecular formula is C27H32N4O2S. The van der Waals surface area contributed by atoms with Gasteiger partial charge in [0.15, 0.2) is 0 Å². The van der Waals surface area contributed by atoms with E-state index < -0.39 is 0 Å². The van der Waals surface area contributed by atoms with Gasteiger partial charge in [0.2, 0.25) is 11.8 Å². The molecule has 2 fully saturated rings. The number of hydrogen-bond acceptors (Lipinski definition) is 4. The topological polar surface area (TPSA) is 58.4 Å². The molecule has 178 valence electrons. The molecule has 0 bridgehead atoms. The van der Waals surface area contributed by atoms with Gasteiger partial charge in [0, 0.05) is 41.8 Å². The summed E-state index contributed by atoms with van der Waals surface area (Å²) in [4.78, 5) is 31.6. The molecule has 34 heavy (non-hydrogen) atoms. The monoisotopic (exact) mass is 476 g/mol. The van der Waals surface area contributed by atoms with Crippen LogP contribution in [0.15, 0.2) is 47.8 Å². The van der Waals surface area contributed by atoms with Gasteiger partial charge in [0.1, 0.15) is 0 Å². The summed E-state index contributed by atoms with van der Waals surface area (Å²) in [7, 11) is 0. The van der Waals surface area contributed by atoms with Crippen LogP contribution in [0, 0.1) is 19.8 Å². The summed E-state index contributed by atoms with van der Waals surface area (Å²) in [6.45, 7) is 6.36. The number of carbonyl (C=O) groups is 2. The number of nitrogens with zero attached hydrogens (tertiary/aromatic N) is 4. The first-order chi connectivity index (χ1) is 16.5. The molecule has 4 heterocycles. The van der Waals surface area contributed by atoms with Crippen molar-refractivity contribution < 1.29 is 9.59 Å². The van der Waals surface area contributed by atoms with E-state index in [0.717, 1.165) is 66.4 Å². The SMILES string of the molecule is Cc1nn(-c2ccccc2)c(C)c1CC(=O)N1CCC[C@@H]2CN(C(=O)Cc3cccs3)CC[C@@H]21. The fourth-order valence-electron chi connectivity index (χ4n) is 5.62. The summed E-state index contributed by atoms with van der Waals surface area (Å²) in [5.41, 5.74) is 3.98. The minimum absolute atomic E-state index is 0.187. The zero-order chi connectivity index (χ0) is 23.7. The van der Waals surface area contributed by atoms with E-state index in [-0.39, 0.29) is 17.9 Å². The van der Waals surface area contributed by atoms with Crippen molar-refractivity contribution >= 4 is 23.2 Å². The van der Waals surface area contributed by atoms with Gasteiger partial charge in [-0.1, -0.05) is 24.3 Å². The lowest BCUT2D eigenvalue weighted by atomic mass is 9.83. The molecule has 1 aromatic carbocycles. The third kappa shape index (κ3) is 4.53. The zero-order valence-corrected chi connectivity index (χ0v) is 20.8. The molecule has 2 aliphatic rings. The number of aryl methyl sites for hydroxylation is 1. The van der Waals surface area contributed by atoms with Gasteiger partial charge < -0.3 is 9.80 Å². The van der Waals surface area contributed by atoms with Gasteiger partial charge in [-0.2, -0.15) is 5.10 Å². The molecule has 2 amide bonds. The number of fused-ring (bicyclic) bond motifs is 1. The van der Waals surface area contributed by atoms with Crippen LogP contribution >= 0.6 is 11.3 Å². The highest BCUT2D eigenvalue weighted by Crippen LogP contribution is 2.32. The Labute approximate surface area is 205 Å². The first-order valence-electron chi connectivity index (χ1n) is 12.2. The second kappa shape index (κ2) is 9.74. The molecule has 7 heteroatoms. The van der Waals surface area contributed by atoms with Crippen LogP contribution in [-0.2, 0) is 22.4 Å². The van der Waals surface area contributed by atoms with Crippen molar-refractivity contribution in [2.75, 3.05) is 19.6 Å². The number of amides is 2. The molecule has 0 spiro atoms. The van der Waals surface area contributed by atoms with Crippen molar-refractivity contribution in [3.8, 4) is 5.69 Å². The highest BCUT2D eigenvalue weighted by molar-refractivity contribution is 7.10. The van der Waals surface area contributed by atoms with E-state index in [2.05, 4.69) is 4.90 Å². The Kier molecular flexibility index (Phi) is 6.55. The molecule has 0 saturated carbocycles. The van der Waals surface area contributed by atoms with Crippen molar-refractivity contribution in [1.29, 1.82) is 0 Å². The predicted octanol–water partition coefficient (Wildman–Crippen LogP) is 4.18. The molecule has 2 atom stereocenters. The summed E-state index contributed by atoms with van der Waals surface area (Å²) in [6, 6.07) is 14.3. The standard InChI is InChI=1S/C27H32N4O2S/c1-19-24(20(2)31(28-19)22-9-4-3-5-10-22)17-27(33)30-13-6-8-21-18-29(14-12-25(21)30)26(32)16-23-11-7-15-34-23/h3-5,7,9-11,15,21,25H,6,8,12-14,16-18H2,1-2H3/t21-,25+/m1/s1. The fourth-order valence-corrected chi connectivity index (χ4v) is 6.31. The van der Waals surface area contributed by atoms with E-state index >= 15 is 0 Å². The van der Waals surface area contributed by atoms with E-state index in [9.17, 15) is 9.59 Å². The largest absolute Gasteiger partial charge is 0.342 e. The number of para-hydroxylation sites is 1. The van der Waals surface area contributed by atoms with E-state index in [1.54, 1.807) is 11.3 Å². The van der Waals surface area contributed by atoms with E-state index in [1.165, 1.54) is 0 Å². The summed E-state index contributed by atoms with van der Waals surface area (Å²) >= 11 is 1.64. The van der Waals surface area contributed by atoms with Crippen LogP contribution in [0.2, 0.25) is 0 Å². The summed E-state index contributed by atoms with van der Waals surface area (Å²) < 4.78 is 1.94. The first kappa shape index (κ1) is 22.8. The number of likely N-dealkylation sites (tertiary alicyclic amines) is 2. The Bertz CT molecular complexity index is 1160. The van der Waals surface area contributed by atoms with Crippen molar-refractivity contribution in [1.82, 2.24) is 19.6 Å². The van der Waals surface area contributed by atoms with Gasteiger partial charge in [0.25, 0.3) is 0 Å². The molecule has 2 aromatic heterocycles. The molecule has 3 aromatic rings. The average molecular weight is 477 g/mol. The number of piperidine rings is 2. The number of rotatable bonds is 5. The number of aromatic nitrogens is 2. The quantitative estimate of drug-likeness (QED) is 0.555. The third-order valence-corrected chi connectivity index (χ3v) is 8.29. The maximum absolute atomic E-state index is 13.5. The zero-order valence-electron chi connectivity index (χ0n) is 19.9. The number of hydrogen-bond donors (Lipinski definition) is 0. The third-order valence-electron chi connectivity index (χ3n) is 7.42. The molecule has 0 N–H and O–H groups in total. The maximum Gasteiger partial charge on any atom is 0.227 e. The Morgan fingerprint density at radius 1 is 1.00 bits per heavy atom. The molecule has 0 aliphatic carbocycles. The normalized spacial score (nSPS) is 20.3. The lowest BCUT2D eigenvalue weighted by Crippen LogP contribution is -2.57. The maximum atomic E-state index is 13.5. The van der Waals surface area contributed by atoms with Crippen molar-refractivity contribution in [2.24, 2.45) is 5.92 Å². The van der Waals surface area contributed by atoms with Gasteiger partial charge in [-0.3, -0.25) is 9.59 Å². The predicted molar refractivity (Wildman–Crippen MR) is 134 cm³/mol. The second-order valence-electron chi connectivity index (χ2n) is 9.51. The smallest absolute Gasteiger partial charge is 0.227 e. The van der Waals surface area contributed by atoms with Crippen molar-refractivity contribution in [3.63, 3.8) is 0 Å². The Balaban J connectivity index is 1.26. The minimum Gasteiger partial charge on any atom is -0.342 e. The number of carbonyl (C=O) groups excluding carboxylic acids is 2. The Hall–Kier alpha value is -2.93. The molecule has 6 nitrogen and oxygen atoms in total. The first-order valence-corrected chi connectivity index (χ1v) is 13.1. The van der Waals surface area contributed by atoms with Crippen LogP contribution in [-0.4, -0.2) is 57.1 Å². The van der Waals surface area contributed by atoms with Gasteiger partial charge in [-0.25, -0.2) is 4.68 Å². The van der Waals surface area contributed by atoms with Crippen LogP contribution in [0.3, 0.4) is 0 Å². The van der Waals surface area contributed by atoms with E-state index in [1.807, 2.05) is 71.3 Å². The highest BCUT2D eigenvalue weighted by atomic mass is 32.1. The summed E-state index contributed by atoms with van der Waals surface area (Å²) in [5, 5.41) is 6.74. The van der Waals surface area contributed by atoms with Crippen LogP contribution in [0.1, 0.15) is 41.1 Å². The molecule has 2 saturated heterocycles. The van der Waals surface area contributed by atoms with Crippen molar-refractivity contribution in [2.45, 2.75) is 52.0 Å². The number of benzene rings is 1. The van der Waals surface area contributed by atoms with Crippen LogP contribution in [0.4, 0.5) is 0 Å². The molecular weight excluding hydrogens is 444 g/mol. The van der Waals surface area contributed by atoms with Gasteiger partial charge in [-0.05, 0) is 62.6 Å². The summed E-state index contributed by atoms with van der Waals surface area (Å²) in [5.74, 6) is 0.767. The van der Waals surface area contributed by atoms with E-state index in [4.69, 9.17) is 5.10 Å². The Morgan fingerprint density at radius 2 is 1.82 bits per heavy atom. The van der Waals surface area contributed by atoms with Crippen molar-refractivity contribution in [3.05, 3.63) is 69.7 Å². The molecule has 5 rings (SSSR count). The lowest BCUT2D eigenvalue weighted by Gasteiger charge is -2.47. The second-order valence-corrected chi connectivity index (χ2v) is 10.5. The fraction of sp³-hybridized carbons (Fsp3) is 0.444. The molecule has 2 aliphatic heterocycles. The van der Waals surface area contributed by atoms with Gasteiger partial charge >= 0.3 is 0 Å².